The molecule has 0 bridgehead atoms. The largest absolute Gasteiger partial charge is 0.464 e. The van der Waals surface area contributed by atoms with E-state index in [1.807, 2.05) is 19.2 Å². The SMILES string of the molecule is C=CCCCCN(C)C(=O)C1(O[SiH](C)C)CC(C(C)(C)C)CN1C(=O)N[C@]1(C(=O)OCC)CC1C=C. The van der Waals surface area contributed by atoms with Gasteiger partial charge < -0.3 is 19.4 Å². The first kappa shape index (κ1) is 30.1. The molecule has 0 aromatic rings. The number of ether oxygens (including phenoxy) is 1. The van der Waals surface area contributed by atoms with Crippen molar-refractivity contribution in [3.8, 4) is 0 Å². The second kappa shape index (κ2) is 11.9. The highest BCUT2D eigenvalue weighted by Crippen LogP contribution is 2.48. The second-order valence-corrected chi connectivity index (χ2v) is 13.8. The summed E-state index contributed by atoms with van der Waals surface area (Å²) in [6.07, 6.45) is 7.07. The van der Waals surface area contributed by atoms with Crippen molar-refractivity contribution in [1.29, 1.82) is 0 Å². The number of nitrogens with zero attached hydrogens (tertiary/aromatic N) is 2. The van der Waals surface area contributed by atoms with E-state index < -0.39 is 32.3 Å². The molecule has 1 aliphatic heterocycles. The Kier molecular flexibility index (Phi) is 9.98. The number of amides is 3. The van der Waals surface area contributed by atoms with E-state index in [2.05, 4.69) is 39.2 Å². The number of carbonyl (C=O) groups is 3. The number of hydrogen-bond acceptors (Lipinski definition) is 5. The summed E-state index contributed by atoms with van der Waals surface area (Å²) < 4.78 is 11.8. The number of likely N-dealkylation sites (tertiary alicyclic amines) is 1. The zero-order chi connectivity index (χ0) is 27.3. The zero-order valence-corrected chi connectivity index (χ0v) is 24.5. The molecular formula is C27H47N3O5Si. The number of urea groups is 1. The van der Waals surface area contributed by atoms with Gasteiger partial charge in [-0.1, -0.05) is 32.9 Å². The first-order chi connectivity index (χ1) is 16.8. The van der Waals surface area contributed by atoms with Crippen LogP contribution in [0.25, 0.3) is 0 Å². The van der Waals surface area contributed by atoms with Crippen LogP contribution in [0, 0.1) is 17.3 Å². The summed E-state index contributed by atoms with van der Waals surface area (Å²) in [5.41, 5.74) is -2.69. The number of esters is 1. The third-order valence-corrected chi connectivity index (χ3v) is 8.23. The molecule has 1 aliphatic carbocycles. The number of unbranched alkanes of at least 4 members (excludes halogenated alkanes) is 2. The van der Waals surface area contributed by atoms with Gasteiger partial charge in [0.15, 0.2) is 9.04 Å². The molecule has 3 unspecified atom stereocenters. The molecule has 0 aromatic heterocycles. The van der Waals surface area contributed by atoms with Gasteiger partial charge in [0.25, 0.3) is 5.91 Å². The van der Waals surface area contributed by atoms with E-state index in [0.29, 0.717) is 25.9 Å². The van der Waals surface area contributed by atoms with Gasteiger partial charge in [-0.15, -0.1) is 13.2 Å². The normalized spacial score (nSPS) is 27.5. The number of nitrogens with one attached hydrogen (secondary N) is 1. The lowest BCUT2D eigenvalue weighted by Gasteiger charge is -2.41. The fraction of sp³-hybridized carbons (Fsp3) is 0.741. The van der Waals surface area contributed by atoms with E-state index in [1.165, 1.54) is 0 Å². The Balaban J connectivity index is 2.42. The molecule has 4 atom stereocenters. The zero-order valence-electron chi connectivity index (χ0n) is 23.4. The Morgan fingerprint density at radius 1 is 1.19 bits per heavy atom. The van der Waals surface area contributed by atoms with Crippen LogP contribution in [0.3, 0.4) is 0 Å². The minimum absolute atomic E-state index is 0.0436. The predicted octanol–water partition coefficient (Wildman–Crippen LogP) is 4.08. The second-order valence-electron chi connectivity index (χ2n) is 11.5. The van der Waals surface area contributed by atoms with Gasteiger partial charge in [0.2, 0.25) is 5.72 Å². The highest BCUT2D eigenvalue weighted by molar-refractivity contribution is 6.48. The Morgan fingerprint density at radius 2 is 1.86 bits per heavy atom. The van der Waals surface area contributed by atoms with Gasteiger partial charge >= 0.3 is 12.0 Å². The predicted molar refractivity (Wildman–Crippen MR) is 145 cm³/mol. The Morgan fingerprint density at radius 3 is 2.36 bits per heavy atom. The van der Waals surface area contributed by atoms with Gasteiger partial charge in [0, 0.05) is 32.5 Å². The molecule has 1 heterocycles. The quantitative estimate of drug-likeness (QED) is 0.181. The van der Waals surface area contributed by atoms with E-state index in [4.69, 9.17) is 9.16 Å². The molecular weight excluding hydrogens is 474 g/mol. The number of likely N-dealkylation sites (N-methyl/N-ethyl adjacent to an activating group) is 1. The molecule has 36 heavy (non-hydrogen) atoms. The lowest BCUT2D eigenvalue weighted by atomic mass is 9.79. The summed E-state index contributed by atoms with van der Waals surface area (Å²) in [7, 11) is 0.0117. The molecule has 1 saturated heterocycles. The molecule has 0 aromatic carbocycles. The minimum atomic E-state index is -1.76. The summed E-state index contributed by atoms with van der Waals surface area (Å²) in [4.78, 5) is 44.0. The maximum absolute atomic E-state index is 14.1. The van der Waals surface area contributed by atoms with Crippen molar-refractivity contribution in [2.24, 2.45) is 17.3 Å². The van der Waals surface area contributed by atoms with E-state index in [-0.39, 0.29) is 29.8 Å². The Hall–Kier alpha value is -2.13. The molecule has 1 saturated carbocycles. The summed E-state index contributed by atoms with van der Waals surface area (Å²) in [5.74, 6) is -0.836. The molecule has 0 spiro atoms. The van der Waals surface area contributed by atoms with Crippen LogP contribution in [0.15, 0.2) is 25.3 Å². The number of rotatable bonds is 12. The smallest absolute Gasteiger partial charge is 0.332 e. The first-order valence-electron chi connectivity index (χ1n) is 13.2. The monoisotopic (exact) mass is 521 g/mol. The molecule has 8 nitrogen and oxygen atoms in total. The van der Waals surface area contributed by atoms with E-state index in [1.54, 1.807) is 29.8 Å². The van der Waals surface area contributed by atoms with E-state index >= 15 is 0 Å². The highest BCUT2D eigenvalue weighted by atomic mass is 28.3. The Labute approximate surface area is 219 Å². The lowest BCUT2D eigenvalue weighted by molar-refractivity contribution is -0.159. The molecule has 2 aliphatic rings. The highest BCUT2D eigenvalue weighted by Gasteiger charge is 2.64. The van der Waals surface area contributed by atoms with Crippen LogP contribution >= 0.6 is 0 Å². The lowest BCUT2D eigenvalue weighted by Crippen LogP contribution is -2.64. The van der Waals surface area contributed by atoms with Crippen molar-refractivity contribution in [1.82, 2.24) is 15.1 Å². The summed E-state index contributed by atoms with van der Waals surface area (Å²) in [5, 5.41) is 2.94. The minimum Gasteiger partial charge on any atom is -0.464 e. The van der Waals surface area contributed by atoms with Crippen LogP contribution in [-0.4, -0.2) is 74.8 Å². The first-order valence-corrected chi connectivity index (χ1v) is 16.0. The van der Waals surface area contributed by atoms with Gasteiger partial charge in [-0.25, -0.2) is 9.59 Å². The molecule has 2 fully saturated rings. The molecule has 2 rings (SSSR count). The number of hydrogen-bond donors (Lipinski definition) is 1. The van der Waals surface area contributed by atoms with Crippen LogP contribution < -0.4 is 5.32 Å². The van der Waals surface area contributed by atoms with Crippen LogP contribution in [0.5, 0.6) is 0 Å². The molecule has 3 amide bonds. The average Bonchev–Trinajstić information content (AvgIpc) is 3.37. The maximum atomic E-state index is 14.1. The third kappa shape index (κ3) is 6.40. The molecule has 1 N–H and O–H groups in total. The standard InChI is InChI=1S/C27H47N3O5Si/c1-10-13-14-15-16-29(7)22(31)27(35-36(8)9)18-21(25(4,5)6)19-30(27)24(33)28-26(17-20(26)11-2)23(32)34-12-3/h10-11,20-21,36H,1-2,12-19H2,3-9H3,(H,28,33)/t20?,21?,26-,27?/m1/s1. The third-order valence-electron chi connectivity index (χ3n) is 7.36. The van der Waals surface area contributed by atoms with Crippen LogP contribution in [0.2, 0.25) is 13.1 Å². The van der Waals surface area contributed by atoms with Crippen molar-refractivity contribution in [2.45, 2.75) is 84.2 Å². The van der Waals surface area contributed by atoms with E-state index in [9.17, 15) is 14.4 Å². The van der Waals surface area contributed by atoms with Crippen LogP contribution in [0.1, 0.15) is 59.8 Å². The number of carbonyl (C=O) groups excluding carboxylic acids is 3. The van der Waals surface area contributed by atoms with E-state index in [0.717, 1.165) is 19.3 Å². The van der Waals surface area contributed by atoms with Crippen molar-refractivity contribution in [3.05, 3.63) is 25.3 Å². The molecule has 0 radical (unpaired) electrons. The number of allylic oxidation sites excluding steroid dienone is 1. The topological polar surface area (TPSA) is 88.2 Å². The van der Waals surface area contributed by atoms with Crippen molar-refractivity contribution < 1.29 is 23.5 Å². The van der Waals surface area contributed by atoms with Crippen molar-refractivity contribution in [2.75, 3.05) is 26.7 Å². The van der Waals surface area contributed by atoms with Crippen molar-refractivity contribution >= 4 is 26.9 Å². The fourth-order valence-electron chi connectivity index (χ4n) is 5.02. The van der Waals surface area contributed by atoms with Crippen LogP contribution in [-0.2, 0) is 18.8 Å². The summed E-state index contributed by atoms with van der Waals surface area (Å²) >= 11 is 0. The van der Waals surface area contributed by atoms with Gasteiger partial charge in [-0.05, 0) is 57.0 Å². The van der Waals surface area contributed by atoms with Gasteiger partial charge in [0.1, 0.15) is 5.54 Å². The van der Waals surface area contributed by atoms with Gasteiger partial charge in [-0.2, -0.15) is 0 Å². The van der Waals surface area contributed by atoms with Crippen molar-refractivity contribution in [3.63, 3.8) is 0 Å². The fourth-order valence-corrected chi connectivity index (χ4v) is 6.12. The summed E-state index contributed by atoms with van der Waals surface area (Å²) in [6, 6.07) is -0.470. The van der Waals surface area contributed by atoms with Crippen LogP contribution in [0.4, 0.5) is 4.79 Å². The Bertz CT molecular complexity index is 842. The van der Waals surface area contributed by atoms with Gasteiger partial charge in [0.05, 0.1) is 6.61 Å². The van der Waals surface area contributed by atoms with Gasteiger partial charge in [-0.3, -0.25) is 9.69 Å². The molecule has 204 valence electrons. The average molecular weight is 522 g/mol. The summed E-state index contributed by atoms with van der Waals surface area (Å²) in [6.45, 7) is 20.8. The maximum Gasteiger partial charge on any atom is 0.332 e. The molecule has 9 heteroatoms.